The van der Waals surface area contributed by atoms with Gasteiger partial charge in [-0.05, 0) is 49.4 Å². The van der Waals surface area contributed by atoms with E-state index < -0.39 is 0 Å². The summed E-state index contributed by atoms with van der Waals surface area (Å²) in [4.78, 5) is 14.3. The van der Waals surface area contributed by atoms with Crippen LogP contribution in [0, 0.1) is 6.92 Å². The first-order valence-corrected chi connectivity index (χ1v) is 7.56. The Morgan fingerprint density at radius 3 is 3.05 bits per heavy atom. The summed E-state index contributed by atoms with van der Waals surface area (Å²) in [7, 11) is 0. The summed E-state index contributed by atoms with van der Waals surface area (Å²) in [6.45, 7) is 4.06. The van der Waals surface area contributed by atoms with E-state index in [0.717, 1.165) is 42.6 Å². The van der Waals surface area contributed by atoms with E-state index in [4.69, 9.17) is 4.42 Å². The van der Waals surface area contributed by atoms with Crippen LogP contribution in [0.4, 0.5) is 0 Å². The summed E-state index contributed by atoms with van der Waals surface area (Å²) in [5, 5.41) is 11.0. The van der Waals surface area contributed by atoms with Crippen molar-refractivity contribution < 1.29 is 9.52 Å². The molecule has 21 heavy (non-hydrogen) atoms. The summed E-state index contributed by atoms with van der Waals surface area (Å²) in [5.41, 5.74) is 0.836. The van der Waals surface area contributed by atoms with Crippen LogP contribution in [-0.4, -0.2) is 35.7 Å². The number of aryl methyl sites for hydroxylation is 1. The van der Waals surface area contributed by atoms with Crippen LogP contribution in [0.5, 0.6) is 0 Å². The first kappa shape index (κ1) is 14.3. The van der Waals surface area contributed by atoms with Gasteiger partial charge >= 0.3 is 5.63 Å². The van der Waals surface area contributed by atoms with Gasteiger partial charge < -0.3 is 9.52 Å². The molecule has 4 nitrogen and oxygen atoms in total. The second kappa shape index (κ2) is 6.00. The Labute approximate surface area is 124 Å². The zero-order valence-electron chi connectivity index (χ0n) is 12.3. The Morgan fingerprint density at radius 1 is 1.38 bits per heavy atom. The van der Waals surface area contributed by atoms with E-state index in [9.17, 15) is 9.90 Å². The van der Waals surface area contributed by atoms with Gasteiger partial charge in [0.15, 0.2) is 0 Å². The highest BCUT2D eigenvalue weighted by Gasteiger charge is 2.23. The maximum absolute atomic E-state index is 12.0. The van der Waals surface area contributed by atoms with Crippen molar-refractivity contribution in [2.75, 3.05) is 19.7 Å². The molecule has 1 unspecified atom stereocenters. The molecule has 1 aromatic carbocycles. The fourth-order valence-electron chi connectivity index (χ4n) is 3.19. The topological polar surface area (TPSA) is 53.7 Å². The number of aliphatic hydroxyl groups excluding tert-OH is 1. The lowest BCUT2D eigenvalue weighted by molar-refractivity contribution is 0.158. The minimum absolute atomic E-state index is 0.209. The lowest BCUT2D eigenvalue weighted by Gasteiger charge is -2.22. The average molecular weight is 287 g/mol. The van der Waals surface area contributed by atoms with E-state index in [2.05, 4.69) is 4.90 Å². The zero-order chi connectivity index (χ0) is 14.8. The molecule has 1 fully saturated rings. The Balaban J connectivity index is 1.81. The van der Waals surface area contributed by atoms with Crippen molar-refractivity contribution in [3.8, 4) is 0 Å². The molecule has 4 heteroatoms. The first-order chi connectivity index (χ1) is 10.2. The van der Waals surface area contributed by atoms with Gasteiger partial charge in [-0.15, -0.1) is 0 Å². The van der Waals surface area contributed by atoms with Crippen LogP contribution >= 0.6 is 0 Å². The van der Waals surface area contributed by atoms with E-state index in [1.165, 1.54) is 0 Å². The largest absolute Gasteiger partial charge is 0.427 e. The monoisotopic (exact) mass is 287 g/mol. The van der Waals surface area contributed by atoms with Crippen molar-refractivity contribution in [2.45, 2.75) is 32.2 Å². The Morgan fingerprint density at radius 2 is 2.24 bits per heavy atom. The molecular formula is C17H21NO3. The molecule has 3 rings (SSSR count). The van der Waals surface area contributed by atoms with Crippen molar-refractivity contribution in [2.24, 2.45) is 0 Å². The van der Waals surface area contributed by atoms with Crippen molar-refractivity contribution in [3.63, 3.8) is 0 Å². The Bertz CT molecular complexity index is 692. The minimum Gasteiger partial charge on any atom is -0.427 e. The molecule has 1 saturated heterocycles. The fraction of sp³-hybridized carbons (Fsp3) is 0.471. The highest BCUT2D eigenvalue weighted by molar-refractivity contribution is 5.84. The number of likely N-dealkylation sites (tertiary alicyclic amines) is 1. The van der Waals surface area contributed by atoms with Gasteiger partial charge in [0, 0.05) is 19.0 Å². The maximum Gasteiger partial charge on any atom is 0.343 e. The Hall–Kier alpha value is -1.65. The van der Waals surface area contributed by atoms with Crippen molar-refractivity contribution in [1.82, 2.24) is 4.90 Å². The molecule has 112 valence electrons. The summed E-state index contributed by atoms with van der Waals surface area (Å²) in [6, 6.07) is 7.94. The Kier molecular flexibility index (Phi) is 4.08. The number of benzene rings is 1. The molecule has 0 radical (unpaired) electrons. The molecule has 1 atom stereocenters. The summed E-state index contributed by atoms with van der Waals surface area (Å²) in [6.07, 6.45) is 2.89. The zero-order valence-corrected chi connectivity index (χ0v) is 12.3. The van der Waals surface area contributed by atoms with E-state index in [1.807, 2.05) is 25.1 Å². The third-order valence-corrected chi connectivity index (χ3v) is 4.43. The molecule has 0 saturated carbocycles. The number of hydrogen-bond acceptors (Lipinski definition) is 4. The fourth-order valence-corrected chi connectivity index (χ4v) is 3.19. The number of fused-ring (bicyclic) bond motifs is 1. The van der Waals surface area contributed by atoms with Crippen LogP contribution in [-0.2, 0) is 6.42 Å². The summed E-state index contributed by atoms with van der Waals surface area (Å²) >= 11 is 0. The normalized spacial score (nSPS) is 19.4. The number of hydrogen-bond donors (Lipinski definition) is 1. The van der Waals surface area contributed by atoms with Gasteiger partial charge in [-0.2, -0.15) is 0 Å². The SMILES string of the molecule is Cc1cccc2c(=O)oc(CCN3CCCC3CO)cc12. The third-order valence-electron chi connectivity index (χ3n) is 4.43. The van der Waals surface area contributed by atoms with Crippen molar-refractivity contribution >= 4 is 10.8 Å². The maximum atomic E-state index is 12.0. The first-order valence-electron chi connectivity index (χ1n) is 7.56. The van der Waals surface area contributed by atoms with Crippen LogP contribution in [0.15, 0.2) is 33.5 Å². The lowest BCUT2D eigenvalue weighted by atomic mass is 10.1. The average Bonchev–Trinajstić information content (AvgIpc) is 2.94. The molecule has 2 heterocycles. The van der Waals surface area contributed by atoms with Gasteiger partial charge in [0.05, 0.1) is 12.0 Å². The summed E-state index contributed by atoms with van der Waals surface area (Å²) < 4.78 is 5.43. The quantitative estimate of drug-likeness (QED) is 0.935. The molecule has 0 spiro atoms. The highest BCUT2D eigenvalue weighted by Crippen LogP contribution is 2.19. The van der Waals surface area contributed by atoms with Gasteiger partial charge in [0.2, 0.25) is 0 Å². The van der Waals surface area contributed by atoms with E-state index in [1.54, 1.807) is 6.07 Å². The highest BCUT2D eigenvalue weighted by atomic mass is 16.4. The van der Waals surface area contributed by atoms with Crippen LogP contribution in [0.3, 0.4) is 0 Å². The summed E-state index contributed by atoms with van der Waals surface area (Å²) in [5.74, 6) is 0.727. The van der Waals surface area contributed by atoms with Crippen LogP contribution < -0.4 is 5.63 Å². The lowest BCUT2D eigenvalue weighted by Crippen LogP contribution is -2.33. The molecule has 1 aliphatic heterocycles. The minimum atomic E-state index is -0.258. The molecule has 1 aliphatic rings. The number of rotatable bonds is 4. The molecular weight excluding hydrogens is 266 g/mol. The molecule has 0 aliphatic carbocycles. The molecule has 0 amide bonds. The molecule has 1 aromatic heterocycles. The third kappa shape index (κ3) is 2.87. The van der Waals surface area contributed by atoms with Crippen LogP contribution in [0.2, 0.25) is 0 Å². The van der Waals surface area contributed by atoms with E-state index in [-0.39, 0.29) is 18.3 Å². The standard InChI is InChI=1S/C17H21NO3/c1-12-4-2-6-15-16(12)10-14(21-17(15)20)7-9-18-8-3-5-13(18)11-19/h2,4,6,10,13,19H,3,5,7-9,11H2,1H3. The van der Waals surface area contributed by atoms with Gasteiger partial charge in [0.1, 0.15) is 5.76 Å². The van der Waals surface area contributed by atoms with Gasteiger partial charge in [-0.1, -0.05) is 12.1 Å². The molecule has 2 aromatic rings. The number of aliphatic hydroxyl groups is 1. The van der Waals surface area contributed by atoms with E-state index >= 15 is 0 Å². The number of nitrogens with zero attached hydrogens (tertiary/aromatic N) is 1. The van der Waals surface area contributed by atoms with Crippen molar-refractivity contribution in [3.05, 3.63) is 46.0 Å². The van der Waals surface area contributed by atoms with Gasteiger partial charge in [0.25, 0.3) is 0 Å². The molecule has 1 N–H and O–H groups in total. The predicted octanol–water partition coefficient (Wildman–Crippen LogP) is 2.10. The van der Waals surface area contributed by atoms with E-state index in [0.29, 0.717) is 11.8 Å². The van der Waals surface area contributed by atoms with Gasteiger partial charge in [-0.25, -0.2) is 4.79 Å². The van der Waals surface area contributed by atoms with Crippen LogP contribution in [0.25, 0.3) is 10.8 Å². The second-order valence-corrected chi connectivity index (χ2v) is 5.80. The van der Waals surface area contributed by atoms with Crippen LogP contribution in [0.1, 0.15) is 24.2 Å². The van der Waals surface area contributed by atoms with Gasteiger partial charge in [-0.3, -0.25) is 4.90 Å². The molecule has 0 bridgehead atoms. The second-order valence-electron chi connectivity index (χ2n) is 5.80. The van der Waals surface area contributed by atoms with Crippen molar-refractivity contribution in [1.29, 1.82) is 0 Å². The predicted molar refractivity (Wildman–Crippen MR) is 82.6 cm³/mol. The smallest absolute Gasteiger partial charge is 0.343 e.